The third kappa shape index (κ3) is 5.15. The van der Waals surface area contributed by atoms with Gasteiger partial charge in [0.15, 0.2) is 11.5 Å². The molecule has 0 saturated heterocycles. The van der Waals surface area contributed by atoms with E-state index < -0.39 is 5.82 Å². The van der Waals surface area contributed by atoms with Gasteiger partial charge < -0.3 is 14.2 Å². The number of ether oxygens (including phenoxy) is 3. The van der Waals surface area contributed by atoms with Crippen molar-refractivity contribution in [1.29, 1.82) is 0 Å². The molecule has 1 N–H and O–H groups in total. The van der Waals surface area contributed by atoms with Crippen LogP contribution in [-0.4, -0.2) is 38.0 Å². The molecule has 7 nitrogen and oxygen atoms in total. The zero-order valence-electron chi connectivity index (χ0n) is 14.0. The van der Waals surface area contributed by atoms with Gasteiger partial charge in [-0.3, -0.25) is 10.2 Å². The van der Waals surface area contributed by atoms with Crippen molar-refractivity contribution < 1.29 is 23.4 Å². The quantitative estimate of drug-likeness (QED) is 0.439. The lowest BCUT2D eigenvalue weighted by Gasteiger charge is -2.08. The number of aromatic nitrogens is 1. The molecule has 0 spiro atoms. The molecule has 0 aliphatic carbocycles. The SMILES string of the molecule is CCOC(=O)Cc1csc(NN=Cc2cc(OC)c(OC)cc2F)n1. The summed E-state index contributed by atoms with van der Waals surface area (Å²) in [7, 11) is 2.90. The number of methoxy groups -OCH3 is 2. The van der Waals surface area contributed by atoms with Gasteiger partial charge in [-0.15, -0.1) is 11.3 Å². The molecule has 0 unspecified atom stereocenters. The number of carbonyl (C=O) groups excluding carboxylic acids is 1. The van der Waals surface area contributed by atoms with Crippen LogP contribution >= 0.6 is 11.3 Å². The highest BCUT2D eigenvalue weighted by atomic mass is 32.1. The maximum atomic E-state index is 14.0. The van der Waals surface area contributed by atoms with Crippen LogP contribution in [0.3, 0.4) is 0 Å². The highest BCUT2D eigenvalue weighted by Crippen LogP contribution is 2.29. The molecule has 2 aromatic rings. The third-order valence-corrected chi connectivity index (χ3v) is 3.84. The molecule has 25 heavy (non-hydrogen) atoms. The minimum Gasteiger partial charge on any atom is -0.493 e. The number of anilines is 1. The lowest BCUT2D eigenvalue weighted by molar-refractivity contribution is -0.142. The summed E-state index contributed by atoms with van der Waals surface area (Å²) in [6.45, 7) is 2.07. The summed E-state index contributed by atoms with van der Waals surface area (Å²) in [6, 6.07) is 2.70. The molecule has 2 rings (SSSR count). The second kappa shape index (κ2) is 8.97. The number of halogens is 1. The van der Waals surface area contributed by atoms with Crippen LogP contribution in [0.2, 0.25) is 0 Å². The van der Waals surface area contributed by atoms with Crippen LogP contribution in [0, 0.1) is 5.82 Å². The molecule has 1 aromatic heterocycles. The van der Waals surface area contributed by atoms with E-state index in [-0.39, 0.29) is 18.0 Å². The van der Waals surface area contributed by atoms with Gasteiger partial charge in [0.1, 0.15) is 5.82 Å². The Bertz CT molecular complexity index is 764. The van der Waals surface area contributed by atoms with Crippen LogP contribution in [0.5, 0.6) is 11.5 Å². The van der Waals surface area contributed by atoms with Gasteiger partial charge >= 0.3 is 5.97 Å². The van der Waals surface area contributed by atoms with E-state index in [0.717, 1.165) is 0 Å². The monoisotopic (exact) mass is 367 g/mol. The lowest BCUT2D eigenvalue weighted by atomic mass is 10.2. The Kier molecular flexibility index (Phi) is 6.70. The van der Waals surface area contributed by atoms with Crippen LogP contribution in [0.1, 0.15) is 18.2 Å². The summed E-state index contributed by atoms with van der Waals surface area (Å²) in [5.74, 6) is -0.134. The van der Waals surface area contributed by atoms with Gasteiger partial charge in [0.25, 0.3) is 0 Å². The Morgan fingerprint density at radius 1 is 1.36 bits per heavy atom. The molecular formula is C16H18FN3O4S. The lowest BCUT2D eigenvalue weighted by Crippen LogP contribution is -2.07. The fraction of sp³-hybridized carbons (Fsp3) is 0.312. The molecule has 0 saturated carbocycles. The van der Waals surface area contributed by atoms with Gasteiger partial charge in [0.05, 0.1) is 39.2 Å². The van der Waals surface area contributed by atoms with Gasteiger partial charge in [0.2, 0.25) is 5.13 Å². The Balaban J connectivity index is 2.02. The maximum Gasteiger partial charge on any atom is 0.311 e. The molecular weight excluding hydrogens is 349 g/mol. The normalized spacial score (nSPS) is 10.7. The van der Waals surface area contributed by atoms with Crippen LogP contribution < -0.4 is 14.9 Å². The van der Waals surface area contributed by atoms with E-state index >= 15 is 0 Å². The van der Waals surface area contributed by atoms with Crippen molar-refractivity contribution in [3.05, 3.63) is 34.6 Å². The van der Waals surface area contributed by atoms with Crippen LogP contribution in [0.25, 0.3) is 0 Å². The van der Waals surface area contributed by atoms with E-state index in [0.29, 0.717) is 28.9 Å². The Labute approximate surface area is 148 Å². The van der Waals surface area contributed by atoms with Crippen LogP contribution in [-0.2, 0) is 16.0 Å². The number of carbonyl (C=O) groups is 1. The highest BCUT2D eigenvalue weighted by Gasteiger charge is 2.10. The molecule has 0 amide bonds. The number of hydrazone groups is 1. The number of esters is 1. The number of thiazole rings is 1. The summed E-state index contributed by atoms with van der Waals surface area (Å²) >= 11 is 1.28. The smallest absolute Gasteiger partial charge is 0.311 e. The zero-order chi connectivity index (χ0) is 18.2. The first-order chi connectivity index (χ1) is 12.1. The minimum atomic E-state index is -0.495. The summed E-state index contributed by atoms with van der Waals surface area (Å²) in [4.78, 5) is 15.6. The first kappa shape index (κ1) is 18.7. The summed E-state index contributed by atoms with van der Waals surface area (Å²) in [6.07, 6.45) is 1.41. The van der Waals surface area contributed by atoms with Crippen molar-refractivity contribution in [3.63, 3.8) is 0 Å². The highest BCUT2D eigenvalue weighted by molar-refractivity contribution is 7.13. The van der Waals surface area contributed by atoms with Crippen molar-refractivity contribution in [3.8, 4) is 11.5 Å². The third-order valence-electron chi connectivity index (χ3n) is 3.05. The zero-order valence-corrected chi connectivity index (χ0v) is 14.9. The standard InChI is InChI=1S/C16H18FN3O4S/c1-4-24-15(21)6-11-9-25-16(19-11)20-18-8-10-5-13(22-2)14(23-3)7-12(10)17/h5,7-9H,4,6H2,1-3H3,(H,19,20). The minimum absolute atomic E-state index is 0.0973. The van der Waals surface area contributed by atoms with Gasteiger partial charge in [-0.2, -0.15) is 5.10 Å². The molecule has 1 heterocycles. The van der Waals surface area contributed by atoms with Gasteiger partial charge in [0, 0.05) is 17.0 Å². The van der Waals surface area contributed by atoms with Crippen molar-refractivity contribution in [2.24, 2.45) is 5.10 Å². The van der Waals surface area contributed by atoms with Crippen molar-refractivity contribution in [2.75, 3.05) is 26.3 Å². The fourth-order valence-electron chi connectivity index (χ4n) is 1.93. The average molecular weight is 367 g/mol. The van der Waals surface area contributed by atoms with E-state index in [4.69, 9.17) is 14.2 Å². The van der Waals surface area contributed by atoms with E-state index in [2.05, 4.69) is 15.5 Å². The first-order valence-electron chi connectivity index (χ1n) is 7.38. The molecule has 134 valence electrons. The average Bonchev–Trinajstić information content (AvgIpc) is 3.03. The predicted octanol–water partition coefficient (Wildman–Crippen LogP) is 2.85. The molecule has 0 radical (unpaired) electrons. The van der Waals surface area contributed by atoms with E-state index in [1.54, 1.807) is 12.3 Å². The van der Waals surface area contributed by atoms with Crippen molar-refractivity contribution in [1.82, 2.24) is 4.98 Å². The van der Waals surface area contributed by atoms with Crippen molar-refractivity contribution >= 4 is 28.7 Å². The Morgan fingerprint density at radius 2 is 2.08 bits per heavy atom. The molecule has 0 atom stereocenters. The summed E-state index contributed by atoms with van der Waals surface area (Å²) in [5.41, 5.74) is 3.51. The number of nitrogens with one attached hydrogen (secondary N) is 1. The summed E-state index contributed by atoms with van der Waals surface area (Å²) in [5, 5.41) is 6.16. The molecule has 0 aliphatic heterocycles. The molecule has 0 aliphatic rings. The number of hydrogen-bond acceptors (Lipinski definition) is 8. The second-order valence-electron chi connectivity index (χ2n) is 4.72. The van der Waals surface area contributed by atoms with E-state index in [1.807, 2.05) is 0 Å². The number of hydrogen-bond donors (Lipinski definition) is 1. The molecule has 0 bridgehead atoms. The van der Waals surface area contributed by atoms with Gasteiger partial charge in [-0.05, 0) is 13.0 Å². The Hall–Kier alpha value is -2.68. The number of rotatable bonds is 8. The van der Waals surface area contributed by atoms with E-state index in [9.17, 15) is 9.18 Å². The van der Waals surface area contributed by atoms with E-state index in [1.165, 1.54) is 43.9 Å². The van der Waals surface area contributed by atoms with Crippen molar-refractivity contribution in [2.45, 2.75) is 13.3 Å². The predicted molar refractivity (Wildman–Crippen MR) is 93.2 cm³/mol. The second-order valence-corrected chi connectivity index (χ2v) is 5.58. The first-order valence-corrected chi connectivity index (χ1v) is 8.26. The van der Waals surface area contributed by atoms with Crippen LogP contribution in [0.15, 0.2) is 22.6 Å². The van der Waals surface area contributed by atoms with Gasteiger partial charge in [-0.25, -0.2) is 9.37 Å². The summed E-state index contributed by atoms with van der Waals surface area (Å²) < 4.78 is 29.0. The maximum absolute atomic E-state index is 14.0. The largest absolute Gasteiger partial charge is 0.493 e. The van der Waals surface area contributed by atoms with Gasteiger partial charge in [-0.1, -0.05) is 0 Å². The van der Waals surface area contributed by atoms with Crippen LogP contribution in [0.4, 0.5) is 9.52 Å². The topological polar surface area (TPSA) is 82.0 Å². The molecule has 1 aromatic carbocycles. The molecule has 0 fully saturated rings. The number of benzene rings is 1. The molecule has 9 heteroatoms. The number of nitrogens with zero attached hydrogens (tertiary/aromatic N) is 2. The fourth-order valence-corrected chi connectivity index (χ4v) is 2.58. The Morgan fingerprint density at radius 3 is 2.76 bits per heavy atom.